The standard InChI is InChI=1S/C23H18BrN3O/c1-15-4-6-16(7-5-15)13-26-23(28)20-12-22(17-3-2-10-25-14-17)27-21-9-8-18(24)11-19(20)21/h2-12,14H,13H2,1H3,(H,26,28). The summed E-state index contributed by atoms with van der Waals surface area (Å²) >= 11 is 3.49. The zero-order chi connectivity index (χ0) is 19.5. The van der Waals surface area contributed by atoms with Crippen LogP contribution in [-0.2, 0) is 6.54 Å². The smallest absolute Gasteiger partial charge is 0.252 e. The molecule has 0 spiro atoms. The molecule has 0 aliphatic heterocycles. The molecule has 2 aromatic carbocycles. The number of nitrogens with one attached hydrogen (secondary N) is 1. The molecule has 0 saturated carbocycles. The minimum absolute atomic E-state index is 0.129. The molecule has 2 heterocycles. The van der Waals surface area contributed by atoms with E-state index in [1.54, 1.807) is 12.4 Å². The van der Waals surface area contributed by atoms with Crippen LogP contribution in [0.4, 0.5) is 0 Å². The van der Waals surface area contributed by atoms with Gasteiger partial charge in [0, 0.05) is 34.4 Å². The Morgan fingerprint density at radius 1 is 1.07 bits per heavy atom. The molecule has 0 atom stereocenters. The van der Waals surface area contributed by atoms with E-state index in [-0.39, 0.29) is 5.91 Å². The summed E-state index contributed by atoms with van der Waals surface area (Å²) in [5.74, 6) is -0.129. The molecule has 4 rings (SSSR count). The number of carbonyl (C=O) groups is 1. The zero-order valence-electron chi connectivity index (χ0n) is 15.3. The van der Waals surface area contributed by atoms with Crippen LogP contribution in [0.1, 0.15) is 21.5 Å². The Kier molecular flexibility index (Phi) is 5.17. The van der Waals surface area contributed by atoms with E-state index in [1.165, 1.54) is 5.56 Å². The van der Waals surface area contributed by atoms with Gasteiger partial charge in [-0.15, -0.1) is 0 Å². The summed E-state index contributed by atoms with van der Waals surface area (Å²) in [4.78, 5) is 21.9. The zero-order valence-corrected chi connectivity index (χ0v) is 16.9. The fourth-order valence-electron chi connectivity index (χ4n) is 3.03. The van der Waals surface area contributed by atoms with Crippen LogP contribution in [-0.4, -0.2) is 15.9 Å². The van der Waals surface area contributed by atoms with E-state index >= 15 is 0 Å². The summed E-state index contributed by atoms with van der Waals surface area (Å²) in [6.07, 6.45) is 3.47. The van der Waals surface area contributed by atoms with Crippen molar-refractivity contribution in [2.75, 3.05) is 0 Å². The van der Waals surface area contributed by atoms with E-state index in [0.717, 1.165) is 32.2 Å². The molecule has 4 nitrogen and oxygen atoms in total. The van der Waals surface area contributed by atoms with Crippen LogP contribution >= 0.6 is 15.9 Å². The number of aryl methyl sites for hydroxylation is 1. The highest BCUT2D eigenvalue weighted by molar-refractivity contribution is 9.10. The summed E-state index contributed by atoms with van der Waals surface area (Å²) in [5, 5.41) is 3.84. The minimum Gasteiger partial charge on any atom is -0.348 e. The van der Waals surface area contributed by atoms with E-state index in [2.05, 4.69) is 26.2 Å². The lowest BCUT2D eigenvalue weighted by Crippen LogP contribution is -2.23. The first-order chi connectivity index (χ1) is 13.6. The highest BCUT2D eigenvalue weighted by Gasteiger charge is 2.14. The number of carbonyl (C=O) groups excluding carboxylic acids is 1. The molecule has 138 valence electrons. The number of fused-ring (bicyclic) bond motifs is 1. The van der Waals surface area contributed by atoms with E-state index < -0.39 is 0 Å². The summed E-state index contributed by atoms with van der Waals surface area (Å²) < 4.78 is 0.906. The molecule has 5 heteroatoms. The van der Waals surface area contributed by atoms with Crippen LogP contribution in [0.3, 0.4) is 0 Å². The molecular weight excluding hydrogens is 414 g/mol. The lowest BCUT2D eigenvalue weighted by molar-refractivity contribution is 0.0952. The Labute approximate surface area is 171 Å². The van der Waals surface area contributed by atoms with Gasteiger partial charge in [-0.1, -0.05) is 45.8 Å². The second kappa shape index (κ2) is 7.90. The van der Waals surface area contributed by atoms with Crippen molar-refractivity contribution in [1.82, 2.24) is 15.3 Å². The Hall–Kier alpha value is -3.05. The Morgan fingerprint density at radius 2 is 1.89 bits per heavy atom. The number of hydrogen-bond donors (Lipinski definition) is 1. The molecule has 0 radical (unpaired) electrons. The summed E-state index contributed by atoms with van der Waals surface area (Å²) in [6, 6.07) is 19.5. The van der Waals surface area contributed by atoms with Crippen molar-refractivity contribution >= 4 is 32.7 Å². The molecule has 4 aromatic rings. The molecule has 0 fully saturated rings. The van der Waals surface area contributed by atoms with E-state index in [1.807, 2.05) is 67.6 Å². The fraction of sp³-hybridized carbons (Fsp3) is 0.0870. The van der Waals surface area contributed by atoms with Gasteiger partial charge in [-0.3, -0.25) is 9.78 Å². The van der Waals surface area contributed by atoms with Gasteiger partial charge < -0.3 is 5.32 Å². The maximum Gasteiger partial charge on any atom is 0.252 e. The maximum absolute atomic E-state index is 13.0. The molecule has 28 heavy (non-hydrogen) atoms. The SMILES string of the molecule is Cc1ccc(CNC(=O)c2cc(-c3cccnc3)nc3ccc(Br)cc23)cc1. The lowest BCUT2D eigenvalue weighted by Gasteiger charge is -2.11. The Balaban J connectivity index is 1.72. The first-order valence-electron chi connectivity index (χ1n) is 8.94. The number of rotatable bonds is 4. The number of halogens is 1. The molecule has 2 aromatic heterocycles. The monoisotopic (exact) mass is 431 g/mol. The normalized spacial score (nSPS) is 10.8. The first kappa shape index (κ1) is 18.3. The molecule has 1 amide bonds. The van der Waals surface area contributed by atoms with Gasteiger partial charge in [-0.2, -0.15) is 0 Å². The number of aromatic nitrogens is 2. The molecule has 0 aliphatic rings. The molecule has 0 aliphatic carbocycles. The van der Waals surface area contributed by atoms with Crippen LogP contribution in [0.15, 0.2) is 77.5 Å². The Bertz CT molecular complexity index is 1140. The van der Waals surface area contributed by atoms with Crippen LogP contribution < -0.4 is 5.32 Å². The molecule has 0 bridgehead atoms. The molecule has 0 unspecified atom stereocenters. The van der Waals surface area contributed by atoms with Crippen molar-refractivity contribution in [3.05, 3.63) is 94.2 Å². The third-order valence-corrected chi connectivity index (χ3v) is 5.04. The number of amides is 1. The van der Waals surface area contributed by atoms with Gasteiger partial charge in [0.15, 0.2) is 0 Å². The molecule has 1 N–H and O–H groups in total. The van der Waals surface area contributed by atoms with Gasteiger partial charge >= 0.3 is 0 Å². The van der Waals surface area contributed by atoms with Crippen molar-refractivity contribution < 1.29 is 4.79 Å². The topological polar surface area (TPSA) is 54.9 Å². The van der Waals surface area contributed by atoms with E-state index in [0.29, 0.717) is 12.1 Å². The van der Waals surface area contributed by atoms with E-state index in [4.69, 9.17) is 4.98 Å². The number of nitrogens with zero attached hydrogens (tertiary/aromatic N) is 2. The molecular formula is C23H18BrN3O. The quantitative estimate of drug-likeness (QED) is 0.476. The van der Waals surface area contributed by atoms with Crippen molar-refractivity contribution in [2.45, 2.75) is 13.5 Å². The maximum atomic E-state index is 13.0. The average molecular weight is 432 g/mol. The van der Waals surface area contributed by atoms with Gasteiger partial charge in [0.1, 0.15) is 0 Å². The van der Waals surface area contributed by atoms with Crippen molar-refractivity contribution in [3.8, 4) is 11.3 Å². The second-order valence-electron chi connectivity index (χ2n) is 6.63. The predicted octanol–water partition coefficient (Wildman–Crippen LogP) is 5.30. The summed E-state index contributed by atoms with van der Waals surface area (Å²) in [7, 11) is 0. The largest absolute Gasteiger partial charge is 0.348 e. The predicted molar refractivity (Wildman–Crippen MR) is 115 cm³/mol. The van der Waals surface area contributed by atoms with Gasteiger partial charge in [0.2, 0.25) is 0 Å². The number of pyridine rings is 2. The Morgan fingerprint density at radius 3 is 2.64 bits per heavy atom. The van der Waals surface area contributed by atoms with Crippen LogP contribution in [0, 0.1) is 6.92 Å². The average Bonchev–Trinajstić information content (AvgIpc) is 2.73. The van der Waals surface area contributed by atoms with Crippen molar-refractivity contribution in [3.63, 3.8) is 0 Å². The number of benzene rings is 2. The van der Waals surface area contributed by atoms with Gasteiger partial charge in [-0.25, -0.2) is 4.98 Å². The lowest BCUT2D eigenvalue weighted by atomic mass is 10.0. The second-order valence-corrected chi connectivity index (χ2v) is 7.54. The summed E-state index contributed by atoms with van der Waals surface area (Å²) in [5.41, 5.74) is 5.22. The van der Waals surface area contributed by atoms with Gasteiger partial charge in [0.25, 0.3) is 5.91 Å². The summed E-state index contributed by atoms with van der Waals surface area (Å²) in [6.45, 7) is 2.52. The van der Waals surface area contributed by atoms with Crippen LogP contribution in [0.5, 0.6) is 0 Å². The van der Waals surface area contributed by atoms with Crippen molar-refractivity contribution in [2.24, 2.45) is 0 Å². The minimum atomic E-state index is -0.129. The number of hydrogen-bond acceptors (Lipinski definition) is 3. The highest BCUT2D eigenvalue weighted by Crippen LogP contribution is 2.27. The van der Waals surface area contributed by atoms with Crippen LogP contribution in [0.25, 0.3) is 22.2 Å². The van der Waals surface area contributed by atoms with Gasteiger partial charge in [-0.05, 0) is 48.9 Å². The van der Waals surface area contributed by atoms with Gasteiger partial charge in [0.05, 0.1) is 16.8 Å². The van der Waals surface area contributed by atoms with E-state index in [9.17, 15) is 4.79 Å². The first-order valence-corrected chi connectivity index (χ1v) is 9.74. The molecule has 0 saturated heterocycles. The van der Waals surface area contributed by atoms with Crippen molar-refractivity contribution in [1.29, 1.82) is 0 Å². The van der Waals surface area contributed by atoms with Crippen LogP contribution in [0.2, 0.25) is 0 Å². The third-order valence-electron chi connectivity index (χ3n) is 4.55. The third kappa shape index (κ3) is 3.94. The highest BCUT2D eigenvalue weighted by atomic mass is 79.9. The fourth-order valence-corrected chi connectivity index (χ4v) is 3.39.